The van der Waals surface area contributed by atoms with Crippen molar-refractivity contribution >= 4 is 28.9 Å². The lowest BCUT2D eigenvalue weighted by Gasteiger charge is -2.02. The number of thiazole rings is 1. The van der Waals surface area contributed by atoms with Crippen molar-refractivity contribution < 1.29 is 18.3 Å². The van der Waals surface area contributed by atoms with Gasteiger partial charge in [0.1, 0.15) is 10.6 Å². The van der Waals surface area contributed by atoms with Crippen molar-refractivity contribution in [2.24, 2.45) is 0 Å². The number of nitrogens with zero attached hydrogens (tertiary/aromatic N) is 3. The number of aryl methyl sites for hydroxylation is 1. The zero-order chi connectivity index (χ0) is 17.3. The number of alkyl halides is 2. The van der Waals surface area contributed by atoms with Crippen LogP contribution in [0.25, 0.3) is 5.69 Å². The molecule has 0 amide bonds. The van der Waals surface area contributed by atoms with E-state index in [2.05, 4.69) is 10.1 Å². The summed E-state index contributed by atoms with van der Waals surface area (Å²) in [6.45, 7) is 1.54. The predicted molar refractivity (Wildman–Crippen MR) is 85.3 cm³/mol. The summed E-state index contributed by atoms with van der Waals surface area (Å²) in [5.41, 5.74) is 0.142. The first kappa shape index (κ1) is 16.5. The zero-order valence-corrected chi connectivity index (χ0v) is 13.8. The van der Waals surface area contributed by atoms with Crippen LogP contribution in [-0.4, -0.2) is 20.7 Å². The molecule has 24 heavy (non-hydrogen) atoms. The summed E-state index contributed by atoms with van der Waals surface area (Å²) in [5, 5.41) is 5.03. The molecule has 0 radical (unpaired) electrons. The van der Waals surface area contributed by atoms with E-state index in [0.717, 1.165) is 11.3 Å². The van der Waals surface area contributed by atoms with Gasteiger partial charge in [0.15, 0.2) is 0 Å². The van der Waals surface area contributed by atoms with E-state index in [0.29, 0.717) is 15.7 Å². The first-order valence-electron chi connectivity index (χ1n) is 6.73. The summed E-state index contributed by atoms with van der Waals surface area (Å²) in [4.78, 5) is 15.5. The smallest absolute Gasteiger partial charge is 0.357 e. The van der Waals surface area contributed by atoms with Crippen LogP contribution >= 0.6 is 22.9 Å². The number of aromatic nitrogens is 3. The Morgan fingerprint density at radius 2 is 2.00 bits per heavy atom. The molecular formula is C15H10ClF2N3O2S. The second kappa shape index (κ2) is 6.66. The van der Waals surface area contributed by atoms with Gasteiger partial charge >= 0.3 is 5.97 Å². The van der Waals surface area contributed by atoms with Crippen molar-refractivity contribution in [3.63, 3.8) is 0 Å². The first-order valence-corrected chi connectivity index (χ1v) is 7.93. The van der Waals surface area contributed by atoms with Crippen LogP contribution in [0.3, 0.4) is 0 Å². The first-order chi connectivity index (χ1) is 11.4. The molecule has 3 aromatic rings. The van der Waals surface area contributed by atoms with Crippen molar-refractivity contribution in [3.8, 4) is 11.6 Å². The Morgan fingerprint density at radius 3 is 2.67 bits per heavy atom. The number of carbonyl (C=O) groups excluding carboxylic acids is 1. The van der Waals surface area contributed by atoms with Gasteiger partial charge in [0.2, 0.25) is 5.88 Å². The van der Waals surface area contributed by atoms with Crippen LogP contribution in [0.1, 0.15) is 26.8 Å². The molecule has 2 heterocycles. The quantitative estimate of drug-likeness (QED) is 0.638. The number of benzene rings is 1. The minimum atomic E-state index is -2.84. The standard InChI is InChI=1S/C15H10ClF2N3O2S/c1-8-19-12(14(17)18)13(24-8)15(22)23-11-6-7-21(20-11)10-4-2-9(16)3-5-10/h2-7,14H,1H3. The van der Waals surface area contributed by atoms with Crippen LogP contribution < -0.4 is 4.74 Å². The highest BCUT2D eigenvalue weighted by atomic mass is 35.5. The second-order valence-electron chi connectivity index (χ2n) is 4.71. The maximum absolute atomic E-state index is 12.9. The van der Waals surface area contributed by atoms with Gasteiger partial charge in [0.25, 0.3) is 6.43 Å². The van der Waals surface area contributed by atoms with Crippen molar-refractivity contribution in [1.82, 2.24) is 14.8 Å². The summed E-state index contributed by atoms with van der Waals surface area (Å²) < 4.78 is 32.4. The van der Waals surface area contributed by atoms with E-state index in [4.69, 9.17) is 16.3 Å². The number of carbonyl (C=O) groups is 1. The normalized spacial score (nSPS) is 11.0. The van der Waals surface area contributed by atoms with Crippen molar-refractivity contribution in [3.05, 3.63) is 57.1 Å². The van der Waals surface area contributed by atoms with Gasteiger partial charge in [0, 0.05) is 17.3 Å². The van der Waals surface area contributed by atoms with Crippen molar-refractivity contribution in [2.45, 2.75) is 13.3 Å². The van der Waals surface area contributed by atoms with E-state index >= 15 is 0 Å². The summed E-state index contributed by atoms with van der Waals surface area (Å²) in [6.07, 6.45) is -1.26. The molecule has 5 nitrogen and oxygen atoms in total. The molecule has 0 fully saturated rings. The molecular weight excluding hydrogens is 360 g/mol. The molecule has 0 saturated heterocycles. The summed E-state index contributed by atoms with van der Waals surface area (Å²) in [6, 6.07) is 8.33. The highest BCUT2D eigenvalue weighted by Gasteiger charge is 2.25. The molecule has 0 saturated carbocycles. The Kier molecular flexibility index (Phi) is 4.59. The summed E-state index contributed by atoms with van der Waals surface area (Å²) in [5.74, 6) is -0.904. The maximum Gasteiger partial charge on any atom is 0.357 e. The molecule has 1 aromatic carbocycles. The molecule has 0 aliphatic heterocycles. The van der Waals surface area contributed by atoms with E-state index < -0.39 is 18.1 Å². The number of hydrogen-bond donors (Lipinski definition) is 0. The molecule has 2 aromatic heterocycles. The lowest BCUT2D eigenvalue weighted by Crippen LogP contribution is -2.10. The molecule has 124 valence electrons. The van der Waals surface area contributed by atoms with Gasteiger partial charge in [-0.3, -0.25) is 0 Å². The number of hydrogen-bond acceptors (Lipinski definition) is 5. The minimum Gasteiger partial charge on any atom is -0.402 e. The molecule has 0 aliphatic rings. The maximum atomic E-state index is 12.9. The third-order valence-electron chi connectivity index (χ3n) is 3.01. The Balaban J connectivity index is 1.80. The number of ether oxygens (including phenoxy) is 1. The summed E-state index contributed by atoms with van der Waals surface area (Å²) in [7, 11) is 0. The van der Waals surface area contributed by atoms with E-state index in [9.17, 15) is 13.6 Å². The van der Waals surface area contributed by atoms with Crippen LogP contribution in [0.5, 0.6) is 5.88 Å². The van der Waals surface area contributed by atoms with Crippen LogP contribution in [0, 0.1) is 6.92 Å². The van der Waals surface area contributed by atoms with Crippen LogP contribution in [0.15, 0.2) is 36.5 Å². The van der Waals surface area contributed by atoms with Gasteiger partial charge < -0.3 is 4.74 Å². The molecule has 0 N–H and O–H groups in total. The fourth-order valence-electron chi connectivity index (χ4n) is 1.98. The minimum absolute atomic E-state index is 0.00113. The largest absolute Gasteiger partial charge is 0.402 e. The molecule has 3 rings (SSSR count). The van der Waals surface area contributed by atoms with Gasteiger partial charge in [-0.15, -0.1) is 16.4 Å². The molecule has 0 spiro atoms. The summed E-state index contributed by atoms with van der Waals surface area (Å²) >= 11 is 6.68. The lowest BCUT2D eigenvalue weighted by atomic mass is 10.3. The second-order valence-corrected chi connectivity index (χ2v) is 6.35. The number of esters is 1. The Hall–Kier alpha value is -2.32. The van der Waals surface area contributed by atoms with E-state index in [-0.39, 0.29) is 10.8 Å². The van der Waals surface area contributed by atoms with Gasteiger partial charge in [-0.05, 0) is 31.2 Å². The fourth-order valence-corrected chi connectivity index (χ4v) is 2.91. The van der Waals surface area contributed by atoms with Gasteiger partial charge in [0.05, 0.1) is 10.7 Å². The van der Waals surface area contributed by atoms with Crippen LogP contribution in [0.4, 0.5) is 8.78 Å². The molecule has 0 unspecified atom stereocenters. The van der Waals surface area contributed by atoms with Crippen molar-refractivity contribution in [2.75, 3.05) is 0 Å². The van der Waals surface area contributed by atoms with E-state index in [1.165, 1.54) is 10.7 Å². The van der Waals surface area contributed by atoms with Gasteiger partial charge in [-0.25, -0.2) is 23.2 Å². The topological polar surface area (TPSA) is 57.0 Å². The highest BCUT2D eigenvalue weighted by Crippen LogP contribution is 2.28. The van der Waals surface area contributed by atoms with Crippen LogP contribution in [0.2, 0.25) is 5.02 Å². The Morgan fingerprint density at radius 1 is 1.29 bits per heavy atom. The van der Waals surface area contributed by atoms with Gasteiger partial charge in [-0.1, -0.05) is 11.6 Å². The van der Waals surface area contributed by atoms with Crippen molar-refractivity contribution in [1.29, 1.82) is 0 Å². The molecule has 9 heteroatoms. The van der Waals surface area contributed by atoms with E-state index in [1.807, 2.05) is 0 Å². The SMILES string of the molecule is Cc1nc(C(F)F)c(C(=O)Oc2ccn(-c3ccc(Cl)cc3)n2)s1. The van der Waals surface area contributed by atoms with Crippen LogP contribution in [-0.2, 0) is 0 Å². The average molecular weight is 370 g/mol. The van der Waals surface area contributed by atoms with Gasteiger partial charge in [-0.2, -0.15) is 0 Å². The fraction of sp³-hybridized carbons (Fsp3) is 0.133. The average Bonchev–Trinajstić information content (AvgIpc) is 3.15. The van der Waals surface area contributed by atoms with E-state index in [1.54, 1.807) is 37.4 Å². The molecule has 0 aliphatic carbocycles. The highest BCUT2D eigenvalue weighted by molar-refractivity contribution is 7.13. The molecule has 0 bridgehead atoms. The third-order valence-corrected chi connectivity index (χ3v) is 4.22. The Labute approximate surface area is 144 Å². The zero-order valence-electron chi connectivity index (χ0n) is 12.2. The number of halogens is 3. The predicted octanol–water partition coefficient (Wildman–Crippen LogP) is 4.45. The number of rotatable bonds is 4. The lowest BCUT2D eigenvalue weighted by molar-refractivity contribution is 0.0719. The third kappa shape index (κ3) is 3.44. The molecule has 0 atom stereocenters. The Bertz CT molecular complexity index is 877. The monoisotopic (exact) mass is 369 g/mol.